The second-order valence-corrected chi connectivity index (χ2v) is 9.20. The Bertz CT molecular complexity index is 1220. The SMILES string of the molecule is COC(=O)c1cc(NC(=O)Nc2ccc(OC)c(CO)c2)ccc1OCc1ccc(C(C)(C)C)cc1. The number of anilines is 2. The van der Waals surface area contributed by atoms with Gasteiger partial charge in [-0.05, 0) is 52.9 Å². The Morgan fingerprint density at radius 1 is 0.861 bits per heavy atom. The summed E-state index contributed by atoms with van der Waals surface area (Å²) in [6.07, 6.45) is 0. The molecule has 8 heteroatoms. The number of methoxy groups -OCH3 is 2. The van der Waals surface area contributed by atoms with Gasteiger partial charge in [-0.1, -0.05) is 45.0 Å². The number of hydrogen-bond acceptors (Lipinski definition) is 6. The molecule has 0 atom stereocenters. The molecule has 8 nitrogen and oxygen atoms in total. The van der Waals surface area contributed by atoms with Gasteiger partial charge >= 0.3 is 12.0 Å². The average molecular weight is 493 g/mol. The first-order valence-electron chi connectivity index (χ1n) is 11.4. The lowest BCUT2D eigenvalue weighted by atomic mass is 9.87. The molecule has 2 amide bonds. The molecule has 0 aliphatic heterocycles. The van der Waals surface area contributed by atoms with Crippen LogP contribution in [0, 0.1) is 0 Å². The van der Waals surface area contributed by atoms with Crippen molar-refractivity contribution in [3.63, 3.8) is 0 Å². The van der Waals surface area contributed by atoms with Gasteiger partial charge in [0.15, 0.2) is 0 Å². The average Bonchev–Trinajstić information content (AvgIpc) is 2.86. The first-order chi connectivity index (χ1) is 17.1. The summed E-state index contributed by atoms with van der Waals surface area (Å²) >= 11 is 0. The van der Waals surface area contributed by atoms with Crippen molar-refractivity contribution in [1.82, 2.24) is 0 Å². The molecule has 0 aliphatic rings. The topological polar surface area (TPSA) is 106 Å². The Hall–Kier alpha value is -4.04. The van der Waals surface area contributed by atoms with Gasteiger partial charge in [-0.3, -0.25) is 0 Å². The number of urea groups is 1. The number of carbonyl (C=O) groups excluding carboxylic acids is 2. The summed E-state index contributed by atoms with van der Waals surface area (Å²) in [5, 5.41) is 14.9. The van der Waals surface area contributed by atoms with Gasteiger partial charge in [0.1, 0.15) is 23.7 Å². The van der Waals surface area contributed by atoms with E-state index in [0.717, 1.165) is 5.56 Å². The van der Waals surface area contributed by atoms with Crippen LogP contribution in [0.4, 0.5) is 16.2 Å². The lowest BCUT2D eigenvalue weighted by Gasteiger charge is -2.19. The monoisotopic (exact) mass is 492 g/mol. The Morgan fingerprint density at radius 3 is 2.03 bits per heavy atom. The largest absolute Gasteiger partial charge is 0.496 e. The van der Waals surface area contributed by atoms with E-state index in [1.807, 2.05) is 12.1 Å². The highest BCUT2D eigenvalue weighted by atomic mass is 16.5. The number of carbonyl (C=O) groups is 2. The molecule has 0 aromatic heterocycles. The lowest BCUT2D eigenvalue weighted by Crippen LogP contribution is -2.20. The van der Waals surface area contributed by atoms with Gasteiger partial charge in [-0.25, -0.2) is 9.59 Å². The molecule has 36 heavy (non-hydrogen) atoms. The van der Waals surface area contributed by atoms with Crippen molar-refractivity contribution in [2.45, 2.75) is 39.4 Å². The van der Waals surface area contributed by atoms with E-state index in [4.69, 9.17) is 14.2 Å². The van der Waals surface area contributed by atoms with E-state index in [0.29, 0.717) is 28.4 Å². The summed E-state index contributed by atoms with van der Waals surface area (Å²) in [7, 11) is 2.79. The summed E-state index contributed by atoms with van der Waals surface area (Å²) in [5.41, 5.74) is 3.82. The number of rotatable bonds is 8. The van der Waals surface area contributed by atoms with Crippen LogP contribution in [-0.4, -0.2) is 31.3 Å². The zero-order valence-corrected chi connectivity index (χ0v) is 21.2. The number of amides is 2. The van der Waals surface area contributed by atoms with Crippen LogP contribution in [-0.2, 0) is 23.4 Å². The summed E-state index contributed by atoms with van der Waals surface area (Å²) in [6.45, 7) is 6.50. The Labute approximate surface area is 211 Å². The fourth-order valence-electron chi connectivity index (χ4n) is 3.54. The standard InChI is InChI=1S/C28H32N2O6/c1-28(2,3)20-8-6-18(7-9-20)17-36-25-13-11-22(15-23(25)26(32)35-5)30-27(33)29-21-10-12-24(34-4)19(14-21)16-31/h6-15,31H,16-17H2,1-5H3,(H2,29,30,33). The van der Waals surface area contributed by atoms with Crippen LogP contribution < -0.4 is 20.1 Å². The van der Waals surface area contributed by atoms with Crippen molar-refractivity contribution in [3.8, 4) is 11.5 Å². The van der Waals surface area contributed by atoms with Crippen LogP contribution in [0.15, 0.2) is 60.7 Å². The van der Waals surface area contributed by atoms with Crippen LogP contribution in [0.2, 0.25) is 0 Å². The van der Waals surface area contributed by atoms with Crippen molar-refractivity contribution in [2.75, 3.05) is 24.9 Å². The fourth-order valence-corrected chi connectivity index (χ4v) is 3.54. The van der Waals surface area contributed by atoms with E-state index in [1.54, 1.807) is 30.3 Å². The molecule has 0 spiro atoms. The smallest absolute Gasteiger partial charge is 0.341 e. The van der Waals surface area contributed by atoms with Gasteiger partial charge in [0.25, 0.3) is 0 Å². The highest BCUT2D eigenvalue weighted by molar-refractivity contribution is 6.01. The minimum atomic E-state index is -0.583. The Balaban J connectivity index is 1.71. The Kier molecular flexibility index (Phi) is 8.55. The summed E-state index contributed by atoms with van der Waals surface area (Å²) in [6, 6.07) is 17.3. The van der Waals surface area contributed by atoms with Crippen molar-refractivity contribution >= 4 is 23.4 Å². The Morgan fingerprint density at radius 2 is 1.47 bits per heavy atom. The van der Waals surface area contributed by atoms with Crippen molar-refractivity contribution in [2.24, 2.45) is 0 Å². The number of aliphatic hydroxyl groups is 1. The molecular formula is C28H32N2O6. The van der Waals surface area contributed by atoms with Gasteiger partial charge in [-0.2, -0.15) is 0 Å². The third kappa shape index (κ3) is 6.76. The van der Waals surface area contributed by atoms with Crippen LogP contribution in [0.3, 0.4) is 0 Å². The summed E-state index contributed by atoms with van der Waals surface area (Å²) in [4.78, 5) is 24.9. The third-order valence-corrected chi connectivity index (χ3v) is 5.57. The molecular weight excluding hydrogens is 460 g/mol. The number of nitrogens with one attached hydrogen (secondary N) is 2. The minimum absolute atomic E-state index is 0.0566. The van der Waals surface area contributed by atoms with Gasteiger partial charge in [0.05, 0.1) is 20.8 Å². The van der Waals surface area contributed by atoms with Crippen LogP contribution in [0.25, 0.3) is 0 Å². The number of hydrogen-bond donors (Lipinski definition) is 3. The minimum Gasteiger partial charge on any atom is -0.496 e. The van der Waals surface area contributed by atoms with Crippen molar-refractivity contribution < 1.29 is 28.9 Å². The normalized spacial score (nSPS) is 10.9. The molecule has 0 radical (unpaired) electrons. The predicted molar refractivity (Wildman–Crippen MR) is 139 cm³/mol. The maximum Gasteiger partial charge on any atom is 0.341 e. The molecule has 190 valence electrons. The zero-order chi connectivity index (χ0) is 26.3. The summed E-state index contributed by atoms with van der Waals surface area (Å²) in [5.74, 6) is 0.280. The number of aliphatic hydroxyl groups excluding tert-OH is 1. The molecule has 0 saturated heterocycles. The van der Waals surface area contributed by atoms with Crippen LogP contribution in [0.5, 0.6) is 11.5 Å². The quantitative estimate of drug-likeness (QED) is 0.359. The van der Waals surface area contributed by atoms with E-state index in [9.17, 15) is 14.7 Å². The molecule has 0 unspecified atom stereocenters. The van der Waals surface area contributed by atoms with Crippen LogP contribution >= 0.6 is 0 Å². The van der Waals surface area contributed by atoms with E-state index < -0.39 is 12.0 Å². The molecule has 0 heterocycles. The molecule has 3 aromatic carbocycles. The molecule has 3 aromatic rings. The first kappa shape index (κ1) is 26.6. The zero-order valence-electron chi connectivity index (χ0n) is 21.2. The highest BCUT2D eigenvalue weighted by Crippen LogP contribution is 2.27. The van der Waals surface area contributed by atoms with E-state index in [2.05, 4.69) is 43.5 Å². The van der Waals surface area contributed by atoms with Crippen molar-refractivity contribution in [3.05, 3.63) is 82.9 Å². The molecule has 0 fully saturated rings. The highest BCUT2D eigenvalue weighted by Gasteiger charge is 2.17. The number of ether oxygens (including phenoxy) is 3. The van der Waals surface area contributed by atoms with Gasteiger partial charge in [0, 0.05) is 16.9 Å². The van der Waals surface area contributed by atoms with Gasteiger partial charge < -0.3 is 30.0 Å². The molecule has 0 aliphatic carbocycles. The number of benzene rings is 3. The molecule has 0 bridgehead atoms. The predicted octanol–water partition coefficient (Wildman–Crippen LogP) is 5.49. The van der Waals surface area contributed by atoms with E-state index >= 15 is 0 Å². The first-order valence-corrected chi connectivity index (χ1v) is 11.4. The fraction of sp³-hybridized carbons (Fsp3) is 0.286. The van der Waals surface area contributed by atoms with Gasteiger partial charge in [-0.15, -0.1) is 0 Å². The second-order valence-electron chi connectivity index (χ2n) is 9.20. The van der Waals surface area contributed by atoms with Gasteiger partial charge in [0.2, 0.25) is 0 Å². The van der Waals surface area contributed by atoms with E-state index in [-0.39, 0.29) is 24.2 Å². The van der Waals surface area contributed by atoms with Crippen molar-refractivity contribution in [1.29, 1.82) is 0 Å². The molecule has 0 saturated carbocycles. The molecule has 3 N–H and O–H groups in total. The third-order valence-electron chi connectivity index (χ3n) is 5.57. The molecule has 3 rings (SSSR count). The van der Waals surface area contributed by atoms with E-state index in [1.165, 1.54) is 25.8 Å². The second kappa shape index (κ2) is 11.6. The summed E-state index contributed by atoms with van der Waals surface area (Å²) < 4.78 is 16.0. The number of esters is 1. The maximum atomic E-state index is 12.5. The maximum absolute atomic E-state index is 12.5. The lowest BCUT2D eigenvalue weighted by molar-refractivity contribution is 0.0595. The van der Waals surface area contributed by atoms with Crippen LogP contribution in [0.1, 0.15) is 47.8 Å².